The lowest BCUT2D eigenvalue weighted by Crippen LogP contribution is -2.28. The van der Waals surface area contributed by atoms with Crippen molar-refractivity contribution in [1.82, 2.24) is 0 Å². The van der Waals surface area contributed by atoms with Gasteiger partial charge in [0.1, 0.15) is 0 Å². The van der Waals surface area contributed by atoms with Gasteiger partial charge in [0.15, 0.2) is 0 Å². The molecule has 1 unspecified atom stereocenters. The van der Waals surface area contributed by atoms with Crippen LogP contribution >= 0.6 is 0 Å². The minimum atomic E-state index is 0.233. The Bertz CT molecular complexity index is 181. The predicted molar refractivity (Wildman–Crippen MR) is 52.0 cm³/mol. The van der Waals surface area contributed by atoms with Crippen LogP contribution in [0.5, 0.6) is 0 Å². The highest BCUT2D eigenvalue weighted by Crippen LogP contribution is 2.43. The Hall–Kier alpha value is -0.300. The molecule has 0 saturated heterocycles. The van der Waals surface area contributed by atoms with E-state index in [0.29, 0.717) is 12.0 Å². The predicted octanol–water partition coefficient (Wildman–Crippen LogP) is 2.75. The maximum Gasteiger partial charge on any atom is 0.0439 e. The molecule has 70 valence electrons. The highest BCUT2D eigenvalue weighted by Gasteiger charge is 2.32. The van der Waals surface area contributed by atoms with E-state index in [1.165, 1.54) is 12.8 Å². The van der Waals surface area contributed by atoms with Gasteiger partial charge < -0.3 is 5.11 Å². The maximum atomic E-state index is 8.92. The third-order valence-corrected chi connectivity index (χ3v) is 2.76. The van der Waals surface area contributed by atoms with Crippen molar-refractivity contribution >= 4 is 0 Å². The van der Waals surface area contributed by atoms with Gasteiger partial charge >= 0.3 is 0 Å². The van der Waals surface area contributed by atoms with E-state index in [2.05, 4.69) is 32.9 Å². The number of rotatable bonds is 2. The maximum absolute atomic E-state index is 8.92. The Morgan fingerprint density at radius 1 is 1.33 bits per heavy atom. The van der Waals surface area contributed by atoms with Gasteiger partial charge in [-0.1, -0.05) is 32.9 Å². The quantitative estimate of drug-likeness (QED) is 0.629. The molecule has 0 fully saturated rings. The summed E-state index contributed by atoms with van der Waals surface area (Å²) in [4.78, 5) is 0. The second-order valence-corrected chi connectivity index (χ2v) is 5.08. The number of hydrogen-bond donors (Lipinski definition) is 1. The topological polar surface area (TPSA) is 20.2 Å². The molecule has 1 aliphatic carbocycles. The second-order valence-electron chi connectivity index (χ2n) is 5.08. The average molecular weight is 168 g/mol. The van der Waals surface area contributed by atoms with E-state index in [1.807, 2.05) is 0 Å². The van der Waals surface area contributed by atoms with Gasteiger partial charge in [-0.3, -0.25) is 0 Å². The van der Waals surface area contributed by atoms with Crippen molar-refractivity contribution in [3.05, 3.63) is 12.2 Å². The Morgan fingerprint density at radius 2 is 2.00 bits per heavy atom. The van der Waals surface area contributed by atoms with E-state index < -0.39 is 0 Å². The molecular weight excluding hydrogens is 148 g/mol. The first-order chi connectivity index (χ1) is 5.47. The highest BCUT2D eigenvalue weighted by atomic mass is 16.3. The van der Waals surface area contributed by atoms with Crippen molar-refractivity contribution in [3.63, 3.8) is 0 Å². The van der Waals surface area contributed by atoms with Crippen LogP contribution in [0.3, 0.4) is 0 Å². The average Bonchev–Trinajstić information content (AvgIpc) is 1.83. The molecule has 1 nitrogen and oxygen atoms in total. The molecule has 12 heavy (non-hydrogen) atoms. The third kappa shape index (κ3) is 2.34. The summed E-state index contributed by atoms with van der Waals surface area (Å²) >= 11 is 0. The molecule has 0 spiro atoms. The lowest BCUT2D eigenvalue weighted by atomic mass is 9.67. The normalized spacial score (nSPS) is 33.7. The molecule has 1 heteroatoms. The van der Waals surface area contributed by atoms with E-state index in [9.17, 15) is 0 Å². The number of hydrogen-bond acceptors (Lipinski definition) is 1. The van der Waals surface area contributed by atoms with Crippen molar-refractivity contribution in [1.29, 1.82) is 0 Å². The van der Waals surface area contributed by atoms with Crippen LogP contribution in [0.25, 0.3) is 0 Å². The van der Waals surface area contributed by atoms with Crippen LogP contribution in [-0.4, -0.2) is 11.7 Å². The summed E-state index contributed by atoms with van der Waals surface area (Å²) in [5.41, 5.74) is 0.648. The Kier molecular flexibility index (Phi) is 2.62. The molecule has 0 aromatic heterocycles. The van der Waals surface area contributed by atoms with Gasteiger partial charge in [-0.2, -0.15) is 0 Å². The Balaban J connectivity index is 2.67. The fraction of sp³-hybridized carbons (Fsp3) is 0.818. The van der Waals surface area contributed by atoms with Gasteiger partial charge in [0.2, 0.25) is 0 Å². The lowest BCUT2D eigenvalue weighted by molar-refractivity contribution is 0.158. The zero-order valence-electron chi connectivity index (χ0n) is 8.43. The zero-order chi connectivity index (χ0) is 9.24. The summed E-state index contributed by atoms with van der Waals surface area (Å²) in [7, 11) is 0. The first-order valence-corrected chi connectivity index (χ1v) is 4.76. The van der Waals surface area contributed by atoms with Crippen LogP contribution in [0.15, 0.2) is 12.2 Å². The van der Waals surface area contributed by atoms with Gasteiger partial charge in [-0.25, -0.2) is 0 Å². The summed E-state index contributed by atoms with van der Waals surface area (Å²) in [6.45, 7) is 7.13. The molecule has 0 saturated carbocycles. The highest BCUT2D eigenvalue weighted by molar-refractivity contribution is 5.06. The number of allylic oxidation sites excluding steroid dienone is 2. The van der Waals surface area contributed by atoms with Crippen molar-refractivity contribution in [2.75, 3.05) is 6.61 Å². The van der Waals surface area contributed by atoms with Crippen LogP contribution in [0.1, 0.15) is 40.0 Å². The third-order valence-electron chi connectivity index (χ3n) is 2.76. The molecule has 1 atom stereocenters. The summed E-state index contributed by atoms with van der Waals surface area (Å²) in [6.07, 6.45) is 7.80. The van der Waals surface area contributed by atoms with Crippen molar-refractivity contribution in [2.45, 2.75) is 40.0 Å². The molecule has 0 aliphatic heterocycles. The number of aliphatic hydroxyl groups is 1. The van der Waals surface area contributed by atoms with E-state index in [0.717, 1.165) is 6.42 Å². The van der Waals surface area contributed by atoms with E-state index in [4.69, 9.17) is 5.11 Å². The first-order valence-electron chi connectivity index (χ1n) is 4.76. The largest absolute Gasteiger partial charge is 0.396 e. The SMILES string of the molecule is CC1(C)CC=CC(C)(CCO)C1. The summed E-state index contributed by atoms with van der Waals surface area (Å²) in [5.74, 6) is 0. The molecule has 0 aromatic carbocycles. The number of aliphatic hydroxyl groups excluding tert-OH is 1. The molecule has 0 radical (unpaired) electrons. The second kappa shape index (κ2) is 3.21. The van der Waals surface area contributed by atoms with E-state index in [-0.39, 0.29) is 5.41 Å². The monoisotopic (exact) mass is 168 g/mol. The molecule has 0 heterocycles. The van der Waals surface area contributed by atoms with Gasteiger partial charge in [-0.15, -0.1) is 0 Å². The lowest BCUT2D eigenvalue weighted by Gasteiger charge is -2.38. The van der Waals surface area contributed by atoms with Gasteiger partial charge in [0, 0.05) is 6.61 Å². The van der Waals surface area contributed by atoms with Crippen molar-refractivity contribution in [3.8, 4) is 0 Å². The van der Waals surface area contributed by atoms with Crippen LogP contribution in [0, 0.1) is 10.8 Å². The van der Waals surface area contributed by atoms with Gasteiger partial charge in [0.25, 0.3) is 0 Å². The smallest absolute Gasteiger partial charge is 0.0439 e. The molecule has 0 bridgehead atoms. The van der Waals surface area contributed by atoms with E-state index >= 15 is 0 Å². The first kappa shape index (κ1) is 9.79. The van der Waals surface area contributed by atoms with Crippen LogP contribution in [0.2, 0.25) is 0 Å². The molecular formula is C11H20O. The minimum absolute atomic E-state index is 0.233. The van der Waals surface area contributed by atoms with Crippen LogP contribution in [0.4, 0.5) is 0 Å². The van der Waals surface area contributed by atoms with E-state index in [1.54, 1.807) is 0 Å². The standard InChI is InChI=1S/C11H20O/c1-10(2)5-4-6-11(3,9-10)7-8-12/h4,6,12H,5,7-9H2,1-3H3. The fourth-order valence-electron chi connectivity index (χ4n) is 2.31. The Morgan fingerprint density at radius 3 is 2.50 bits per heavy atom. The van der Waals surface area contributed by atoms with Crippen molar-refractivity contribution in [2.24, 2.45) is 10.8 Å². The minimum Gasteiger partial charge on any atom is -0.396 e. The van der Waals surface area contributed by atoms with Gasteiger partial charge in [0.05, 0.1) is 0 Å². The fourth-order valence-corrected chi connectivity index (χ4v) is 2.31. The molecule has 1 rings (SSSR count). The molecule has 0 amide bonds. The summed E-state index contributed by atoms with van der Waals surface area (Å²) in [6, 6.07) is 0. The van der Waals surface area contributed by atoms with Crippen LogP contribution < -0.4 is 0 Å². The molecule has 1 aliphatic rings. The molecule has 1 N–H and O–H groups in total. The summed E-state index contributed by atoms with van der Waals surface area (Å²) < 4.78 is 0. The molecule has 0 aromatic rings. The Labute approximate surface area is 75.5 Å². The van der Waals surface area contributed by atoms with Gasteiger partial charge in [-0.05, 0) is 30.1 Å². The van der Waals surface area contributed by atoms with Crippen molar-refractivity contribution < 1.29 is 5.11 Å². The zero-order valence-corrected chi connectivity index (χ0v) is 8.43. The van der Waals surface area contributed by atoms with Crippen LogP contribution in [-0.2, 0) is 0 Å². The summed E-state index contributed by atoms with van der Waals surface area (Å²) in [5, 5.41) is 8.92.